The molecule has 2 heterocycles. The molecule has 0 aliphatic carbocycles. The second-order valence-electron chi connectivity index (χ2n) is 6.63. The molecule has 0 aliphatic heterocycles. The Morgan fingerprint density at radius 2 is 1.90 bits per heavy atom. The first kappa shape index (κ1) is 19.0. The second kappa shape index (κ2) is 7.97. The lowest BCUT2D eigenvalue weighted by Gasteiger charge is -2.08. The summed E-state index contributed by atoms with van der Waals surface area (Å²) in [6, 6.07) is 20.1. The van der Waals surface area contributed by atoms with Gasteiger partial charge >= 0.3 is 5.97 Å². The van der Waals surface area contributed by atoms with E-state index in [9.17, 15) is 15.2 Å². The number of aliphatic hydroxyl groups is 1. The van der Waals surface area contributed by atoms with Crippen LogP contribution in [-0.2, 0) is 11.8 Å². The molecule has 0 saturated carbocycles. The summed E-state index contributed by atoms with van der Waals surface area (Å²) in [5, 5.41) is 20.0. The fourth-order valence-electron chi connectivity index (χ4n) is 3.20. The van der Waals surface area contributed by atoms with Crippen LogP contribution < -0.4 is 0 Å². The molecular weight excluding hydrogens is 380 g/mol. The Bertz CT molecular complexity index is 1290. The number of para-hydroxylation sites is 2. The molecule has 0 aliphatic rings. The molecule has 0 amide bonds. The Morgan fingerprint density at radius 1 is 1.13 bits per heavy atom. The molecule has 0 saturated heterocycles. The minimum absolute atomic E-state index is 0.0393. The minimum Gasteiger partial charge on any atom is -0.507 e. The minimum atomic E-state index is -0.599. The van der Waals surface area contributed by atoms with Crippen molar-refractivity contribution in [2.75, 3.05) is 6.61 Å². The van der Waals surface area contributed by atoms with Crippen molar-refractivity contribution < 1.29 is 14.6 Å². The summed E-state index contributed by atoms with van der Waals surface area (Å²) in [4.78, 5) is 16.9. The van der Waals surface area contributed by atoms with E-state index in [1.165, 1.54) is 0 Å². The van der Waals surface area contributed by atoms with Gasteiger partial charge in [0.05, 0.1) is 16.6 Å². The van der Waals surface area contributed by atoms with Gasteiger partial charge in [0.2, 0.25) is 0 Å². The van der Waals surface area contributed by atoms with Gasteiger partial charge < -0.3 is 19.0 Å². The Labute approximate surface area is 172 Å². The number of carbonyl (C=O) groups excluding carboxylic acids is 1. The molecule has 7 nitrogen and oxygen atoms in total. The highest BCUT2D eigenvalue weighted by atomic mass is 16.5. The monoisotopic (exact) mass is 398 g/mol. The summed E-state index contributed by atoms with van der Waals surface area (Å²) in [7, 11) is 1.76. The molecule has 0 atom stereocenters. The average Bonchev–Trinajstić information content (AvgIpc) is 3.42. The molecule has 2 aromatic carbocycles. The summed E-state index contributed by atoms with van der Waals surface area (Å²) < 4.78 is 8.82. The fraction of sp³-hybridized carbons (Fsp3) is 0.0870. The molecule has 7 heteroatoms. The van der Waals surface area contributed by atoms with Crippen molar-refractivity contribution in [2.24, 2.45) is 7.05 Å². The lowest BCUT2D eigenvalue weighted by Crippen LogP contribution is -2.10. The average molecular weight is 398 g/mol. The van der Waals surface area contributed by atoms with Crippen LogP contribution in [0.4, 0.5) is 0 Å². The maximum absolute atomic E-state index is 12.5. The third-order valence-corrected chi connectivity index (χ3v) is 4.74. The molecule has 0 bridgehead atoms. The molecule has 4 aromatic rings. The Hall–Kier alpha value is -4.31. The number of aryl methyl sites for hydroxylation is 1. The number of hydrogen-bond donors (Lipinski definition) is 1. The van der Waals surface area contributed by atoms with Gasteiger partial charge in [0.15, 0.2) is 11.6 Å². The highest BCUT2D eigenvalue weighted by Crippen LogP contribution is 2.22. The maximum atomic E-state index is 12.5. The number of nitriles is 1. The Balaban J connectivity index is 1.55. The van der Waals surface area contributed by atoms with Crippen LogP contribution in [0.5, 0.6) is 0 Å². The van der Waals surface area contributed by atoms with Gasteiger partial charge in [-0.05, 0) is 42.5 Å². The van der Waals surface area contributed by atoms with Gasteiger partial charge in [-0.15, -0.1) is 0 Å². The first-order valence-electron chi connectivity index (χ1n) is 9.23. The van der Waals surface area contributed by atoms with E-state index in [-0.39, 0.29) is 11.3 Å². The van der Waals surface area contributed by atoms with Crippen LogP contribution in [0, 0.1) is 11.3 Å². The van der Waals surface area contributed by atoms with E-state index >= 15 is 0 Å². The molecule has 0 spiro atoms. The number of carbonyl (C=O) groups is 1. The van der Waals surface area contributed by atoms with Crippen LogP contribution in [0.2, 0.25) is 0 Å². The third kappa shape index (κ3) is 3.54. The summed E-state index contributed by atoms with van der Waals surface area (Å²) in [6.07, 6.45) is 3.74. The van der Waals surface area contributed by atoms with Gasteiger partial charge in [0.25, 0.3) is 0 Å². The van der Waals surface area contributed by atoms with Gasteiger partial charge in [0, 0.05) is 25.1 Å². The standard InChI is InChI=1S/C23H18N4O3/c1-26-20-10-3-2-9-19(20)25-22(26)18(14-24)21(28)15-30-23(29)16-7-6-8-17(13-16)27-11-4-5-12-27/h2-13,28H,15H2,1H3/b21-18-. The number of ether oxygens (including phenoxy) is 1. The van der Waals surface area contributed by atoms with Crippen LogP contribution in [0.15, 0.2) is 78.8 Å². The molecule has 4 rings (SSSR count). The van der Waals surface area contributed by atoms with Crippen LogP contribution in [0.1, 0.15) is 16.2 Å². The van der Waals surface area contributed by atoms with Crippen LogP contribution in [0.3, 0.4) is 0 Å². The smallest absolute Gasteiger partial charge is 0.338 e. The number of imidazole rings is 1. The molecule has 2 aromatic heterocycles. The number of aliphatic hydroxyl groups excluding tert-OH is 1. The molecule has 148 valence electrons. The van der Waals surface area contributed by atoms with Gasteiger partial charge in [0.1, 0.15) is 18.2 Å². The molecule has 1 N–H and O–H groups in total. The molecule has 30 heavy (non-hydrogen) atoms. The summed E-state index contributed by atoms with van der Waals surface area (Å²) in [5.41, 5.74) is 2.64. The van der Waals surface area contributed by atoms with Crippen molar-refractivity contribution in [3.05, 3.63) is 90.2 Å². The van der Waals surface area contributed by atoms with E-state index in [1.54, 1.807) is 29.8 Å². The number of allylic oxidation sites excluding steroid dienone is 1. The fourth-order valence-corrected chi connectivity index (χ4v) is 3.20. The Kier molecular flexibility index (Phi) is 5.06. The van der Waals surface area contributed by atoms with Crippen LogP contribution >= 0.6 is 0 Å². The zero-order valence-electron chi connectivity index (χ0n) is 16.2. The number of esters is 1. The third-order valence-electron chi connectivity index (χ3n) is 4.74. The highest BCUT2D eigenvalue weighted by molar-refractivity contribution is 5.90. The van der Waals surface area contributed by atoms with E-state index < -0.39 is 12.6 Å². The van der Waals surface area contributed by atoms with Crippen molar-refractivity contribution in [2.45, 2.75) is 0 Å². The SMILES string of the molecule is Cn1c(/C(C#N)=C(\O)COC(=O)c2cccc(-n3cccc3)c2)nc2ccccc21. The number of fused-ring (bicyclic) bond motifs is 1. The predicted octanol–water partition coefficient (Wildman–Crippen LogP) is 4.01. The van der Waals surface area contributed by atoms with Crippen LogP contribution in [0.25, 0.3) is 22.3 Å². The van der Waals surface area contributed by atoms with E-state index in [1.807, 2.05) is 65.5 Å². The zero-order valence-corrected chi connectivity index (χ0v) is 16.2. The van der Waals surface area contributed by atoms with Gasteiger partial charge in [-0.3, -0.25) is 0 Å². The quantitative estimate of drug-likeness (QED) is 0.311. The normalized spacial score (nSPS) is 11.7. The predicted molar refractivity (Wildman–Crippen MR) is 112 cm³/mol. The van der Waals surface area contributed by atoms with Gasteiger partial charge in [-0.2, -0.15) is 5.26 Å². The lowest BCUT2D eigenvalue weighted by atomic mass is 10.2. The molecule has 0 radical (unpaired) electrons. The number of nitrogens with zero attached hydrogens (tertiary/aromatic N) is 4. The number of aromatic nitrogens is 3. The van der Waals surface area contributed by atoms with Gasteiger partial charge in [-0.1, -0.05) is 18.2 Å². The molecule has 0 fully saturated rings. The Morgan fingerprint density at radius 3 is 2.63 bits per heavy atom. The maximum Gasteiger partial charge on any atom is 0.338 e. The van der Waals surface area contributed by atoms with Crippen molar-refractivity contribution in [1.82, 2.24) is 14.1 Å². The summed E-state index contributed by atoms with van der Waals surface area (Å²) >= 11 is 0. The number of benzene rings is 2. The first-order valence-corrected chi connectivity index (χ1v) is 9.23. The van der Waals surface area contributed by atoms with E-state index in [0.29, 0.717) is 16.9 Å². The summed E-state index contributed by atoms with van der Waals surface area (Å²) in [6.45, 7) is -0.432. The van der Waals surface area contributed by atoms with Crippen molar-refractivity contribution in [3.8, 4) is 11.8 Å². The van der Waals surface area contributed by atoms with E-state index in [0.717, 1.165) is 11.2 Å². The summed E-state index contributed by atoms with van der Waals surface area (Å²) in [5.74, 6) is -0.648. The lowest BCUT2D eigenvalue weighted by molar-refractivity contribution is 0.0502. The molecule has 0 unspecified atom stereocenters. The van der Waals surface area contributed by atoms with Crippen molar-refractivity contribution in [3.63, 3.8) is 0 Å². The second-order valence-corrected chi connectivity index (χ2v) is 6.63. The zero-order chi connectivity index (χ0) is 21.1. The van der Waals surface area contributed by atoms with Crippen molar-refractivity contribution >= 4 is 22.6 Å². The topological polar surface area (TPSA) is 93.1 Å². The number of hydrogen-bond acceptors (Lipinski definition) is 5. The van der Waals surface area contributed by atoms with Crippen LogP contribution in [-0.4, -0.2) is 31.8 Å². The van der Waals surface area contributed by atoms with Gasteiger partial charge in [-0.25, -0.2) is 9.78 Å². The largest absolute Gasteiger partial charge is 0.507 e. The first-order chi connectivity index (χ1) is 14.6. The van der Waals surface area contributed by atoms with Crippen molar-refractivity contribution in [1.29, 1.82) is 5.26 Å². The number of rotatable bonds is 5. The molecular formula is C23H18N4O3. The van der Waals surface area contributed by atoms with E-state index in [2.05, 4.69) is 4.98 Å². The highest BCUT2D eigenvalue weighted by Gasteiger charge is 2.18. The van der Waals surface area contributed by atoms with E-state index in [4.69, 9.17) is 4.74 Å².